The third-order valence-corrected chi connectivity index (χ3v) is 3.30. The SMILES string of the molecule is NCc1ccc(C(=O)NC2CCCC2CO)o1. The average molecular weight is 238 g/mol. The molecule has 1 aliphatic carbocycles. The maximum Gasteiger partial charge on any atom is 0.287 e. The molecule has 5 heteroatoms. The Bertz CT molecular complexity index is 389. The molecule has 0 saturated heterocycles. The third kappa shape index (κ3) is 2.68. The Labute approximate surface area is 100.0 Å². The molecule has 5 nitrogen and oxygen atoms in total. The van der Waals surface area contributed by atoms with Crippen LogP contribution in [0.1, 0.15) is 35.6 Å². The van der Waals surface area contributed by atoms with Crippen LogP contribution >= 0.6 is 0 Å². The van der Waals surface area contributed by atoms with Crippen molar-refractivity contribution in [3.05, 3.63) is 23.7 Å². The maximum absolute atomic E-state index is 11.9. The second kappa shape index (κ2) is 5.33. The lowest BCUT2D eigenvalue weighted by molar-refractivity contribution is 0.0886. The number of carbonyl (C=O) groups excluding carboxylic acids is 1. The molecule has 94 valence electrons. The van der Waals surface area contributed by atoms with Crippen molar-refractivity contribution in [2.45, 2.75) is 31.8 Å². The molecule has 0 radical (unpaired) electrons. The number of aliphatic hydroxyl groups is 1. The fraction of sp³-hybridized carbons (Fsp3) is 0.583. The van der Waals surface area contributed by atoms with E-state index < -0.39 is 0 Å². The first-order valence-corrected chi connectivity index (χ1v) is 5.95. The Hall–Kier alpha value is -1.33. The minimum atomic E-state index is -0.227. The van der Waals surface area contributed by atoms with Crippen LogP contribution < -0.4 is 11.1 Å². The Morgan fingerprint density at radius 3 is 3.00 bits per heavy atom. The van der Waals surface area contributed by atoms with Crippen LogP contribution in [0.2, 0.25) is 0 Å². The van der Waals surface area contributed by atoms with Gasteiger partial charge in [-0.3, -0.25) is 4.79 Å². The van der Waals surface area contributed by atoms with Crippen LogP contribution in [0.5, 0.6) is 0 Å². The molecule has 2 unspecified atom stereocenters. The van der Waals surface area contributed by atoms with E-state index in [1.54, 1.807) is 12.1 Å². The molecular formula is C12H18N2O3. The van der Waals surface area contributed by atoms with Gasteiger partial charge in [0.2, 0.25) is 0 Å². The van der Waals surface area contributed by atoms with Crippen molar-refractivity contribution in [2.24, 2.45) is 11.7 Å². The van der Waals surface area contributed by atoms with Crippen LogP contribution in [0.3, 0.4) is 0 Å². The van der Waals surface area contributed by atoms with Gasteiger partial charge >= 0.3 is 0 Å². The topological polar surface area (TPSA) is 88.5 Å². The molecule has 4 N–H and O–H groups in total. The van der Waals surface area contributed by atoms with Crippen LogP contribution in [0.25, 0.3) is 0 Å². The summed E-state index contributed by atoms with van der Waals surface area (Å²) in [5.41, 5.74) is 5.41. The predicted octanol–water partition coefficient (Wildman–Crippen LogP) is 0.629. The monoisotopic (exact) mass is 238 g/mol. The normalized spacial score (nSPS) is 23.9. The molecule has 1 aliphatic rings. The highest BCUT2D eigenvalue weighted by Gasteiger charge is 2.28. The van der Waals surface area contributed by atoms with Gasteiger partial charge in [0, 0.05) is 18.6 Å². The zero-order valence-corrected chi connectivity index (χ0v) is 9.69. The minimum Gasteiger partial charge on any atom is -0.455 e. The standard InChI is InChI=1S/C12H18N2O3/c13-6-9-4-5-11(17-9)12(16)14-10-3-1-2-8(10)7-15/h4-5,8,10,15H,1-3,6-7,13H2,(H,14,16). The fourth-order valence-electron chi connectivity index (χ4n) is 2.29. The number of hydrogen-bond donors (Lipinski definition) is 3. The quantitative estimate of drug-likeness (QED) is 0.717. The molecule has 1 aromatic heterocycles. The van der Waals surface area contributed by atoms with Gasteiger partial charge < -0.3 is 20.6 Å². The highest BCUT2D eigenvalue weighted by atomic mass is 16.4. The first-order chi connectivity index (χ1) is 8.24. The van der Waals surface area contributed by atoms with Crippen LogP contribution in [-0.4, -0.2) is 23.7 Å². The van der Waals surface area contributed by atoms with Gasteiger partial charge in [-0.25, -0.2) is 0 Å². The maximum atomic E-state index is 11.9. The molecule has 17 heavy (non-hydrogen) atoms. The van der Waals surface area contributed by atoms with E-state index in [1.165, 1.54) is 0 Å². The predicted molar refractivity (Wildman–Crippen MR) is 62.3 cm³/mol. The smallest absolute Gasteiger partial charge is 0.287 e. The van der Waals surface area contributed by atoms with Crippen molar-refractivity contribution < 1.29 is 14.3 Å². The molecule has 0 spiro atoms. The van der Waals surface area contributed by atoms with Gasteiger partial charge in [0.1, 0.15) is 5.76 Å². The number of hydrogen-bond acceptors (Lipinski definition) is 4. The molecule has 1 heterocycles. The van der Waals surface area contributed by atoms with E-state index in [1.807, 2.05) is 0 Å². The molecule has 1 amide bonds. The second-order valence-electron chi connectivity index (χ2n) is 4.42. The van der Waals surface area contributed by atoms with Crippen LogP contribution in [0.15, 0.2) is 16.5 Å². The van der Waals surface area contributed by atoms with Gasteiger partial charge in [-0.1, -0.05) is 6.42 Å². The molecule has 0 bridgehead atoms. The van der Waals surface area contributed by atoms with E-state index in [-0.39, 0.29) is 36.8 Å². The summed E-state index contributed by atoms with van der Waals surface area (Å²) >= 11 is 0. The summed E-state index contributed by atoms with van der Waals surface area (Å²) in [6.07, 6.45) is 2.93. The number of rotatable bonds is 4. The largest absolute Gasteiger partial charge is 0.455 e. The van der Waals surface area contributed by atoms with Gasteiger partial charge in [0.15, 0.2) is 5.76 Å². The number of furan rings is 1. The van der Waals surface area contributed by atoms with Crippen molar-refractivity contribution in [3.63, 3.8) is 0 Å². The summed E-state index contributed by atoms with van der Waals surface area (Å²) < 4.78 is 5.27. The Morgan fingerprint density at radius 1 is 1.53 bits per heavy atom. The van der Waals surface area contributed by atoms with Gasteiger partial charge in [0.25, 0.3) is 5.91 Å². The fourth-order valence-corrected chi connectivity index (χ4v) is 2.29. The highest BCUT2D eigenvalue weighted by Crippen LogP contribution is 2.25. The van der Waals surface area contributed by atoms with Gasteiger partial charge in [0.05, 0.1) is 6.54 Å². The Kier molecular flexibility index (Phi) is 3.81. The van der Waals surface area contributed by atoms with Crippen molar-refractivity contribution in [1.82, 2.24) is 5.32 Å². The number of nitrogens with one attached hydrogen (secondary N) is 1. The van der Waals surface area contributed by atoms with Crippen LogP contribution in [0.4, 0.5) is 0 Å². The summed E-state index contributed by atoms with van der Waals surface area (Å²) in [4.78, 5) is 11.9. The molecule has 1 aromatic rings. The second-order valence-corrected chi connectivity index (χ2v) is 4.42. The number of carbonyl (C=O) groups is 1. The Morgan fingerprint density at radius 2 is 2.35 bits per heavy atom. The summed E-state index contributed by atoms with van der Waals surface area (Å²) in [5, 5.41) is 12.1. The van der Waals surface area contributed by atoms with Crippen molar-refractivity contribution in [1.29, 1.82) is 0 Å². The number of nitrogens with two attached hydrogens (primary N) is 1. The molecular weight excluding hydrogens is 220 g/mol. The number of aliphatic hydroxyl groups excluding tert-OH is 1. The molecule has 0 aliphatic heterocycles. The van der Waals surface area contributed by atoms with Crippen molar-refractivity contribution in [3.8, 4) is 0 Å². The highest BCUT2D eigenvalue weighted by molar-refractivity contribution is 5.91. The van der Waals surface area contributed by atoms with Crippen molar-refractivity contribution >= 4 is 5.91 Å². The van der Waals surface area contributed by atoms with Crippen molar-refractivity contribution in [2.75, 3.05) is 6.61 Å². The third-order valence-electron chi connectivity index (χ3n) is 3.30. The first-order valence-electron chi connectivity index (χ1n) is 5.95. The van der Waals surface area contributed by atoms with Gasteiger partial charge in [-0.05, 0) is 25.0 Å². The lowest BCUT2D eigenvalue weighted by Gasteiger charge is -2.18. The Balaban J connectivity index is 1.96. The van der Waals surface area contributed by atoms with E-state index in [0.717, 1.165) is 19.3 Å². The lowest BCUT2D eigenvalue weighted by Crippen LogP contribution is -2.38. The van der Waals surface area contributed by atoms with E-state index in [0.29, 0.717) is 5.76 Å². The van der Waals surface area contributed by atoms with Gasteiger partial charge in [-0.15, -0.1) is 0 Å². The van der Waals surface area contributed by atoms with E-state index in [9.17, 15) is 9.90 Å². The molecule has 1 saturated carbocycles. The summed E-state index contributed by atoms with van der Waals surface area (Å²) in [6, 6.07) is 3.38. The zero-order valence-electron chi connectivity index (χ0n) is 9.69. The zero-order chi connectivity index (χ0) is 12.3. The summed E-state index contributed by atoms with van der Waals surface area (Å²) in [7, 11) is 0. The molecule has 2 atom stereocenters. The van der Waals surface area contributed by atoms with Crippen LogP contribution in [0, 0.1) is 5.92 Å². The van der Waals surface area contributed by atoms with Crippen LogP contribution in [-0.2, 0) is 6.54 Å². The average Bonchev–Trinajstić information content (AvgIpc) is 2.96. The minimum absolute atomic E-state index is 0.0546. The summed E-state index contributed by atoms with van der Waals surface area (Å²) in [5.74, 6) is 0.826. The number of amides is 1. The van der Waals surface area contributed by atoms with E-state index in [2.05, 4.69) is 5.32 Å². The van der Waals surface area contributed by atoms with Gasteiger partial charge in [-0.2, -0.15) is 0 Å². The molecule has 0 aromatic carbocycles. The summed E-state index contributed by atoms with van der Waals surface area (Å²) in [6.45, 7) is 0.410. The van der Waals surface area contributed by atoms with E-state index in [4.69, 9.17) is 10.2 Å². The first kappa shape index (κ1) is 12.1. The molecule has 1 fully saturated rings. The lowest BCUT2D eigenvalue weighted by atomic mass is 10.1. The van der Waals surface area contributed by atoms with E-state index >= 15 is 0 Å². The molecule has 2 rings (SSSR count).